The fourth-order valence-corrected chi connectivity index (χ4v) is 2.82. The maximum absolute atomic E-state index is 12.3. The molecule has 0 aliphatic carbocycles. The predicted molar refractivity (Wildman–Crippen MR) is 102 cm³/mol. The van der Waals surface area contributed by atoms with E-state index in [9.17, 15) is 19.8 Å². The van der Waals surface area contributed by atoms with Crippen LogP contribution in [0.1, 0.15) is 32.4 Å². The van der Waals surface area contributed by atoms with E-state index in [0.717, 1.165) is 17.5 Å². The van der Waals surface area contributed by atoms with Crippen LogP contribution in [0.3, 0.4) is 0 Å². The number of nitrogens with zero attached hydrogens (tertiary/aromatic N) is 6. The topological polar surface area (TPSA) is 184 Å². The Bertz CT molecular complexity index is 1290. The summed E-state index contributed by atoms with van der Waals surface area (Å²) >= 11 is 0. The Balaban J connectivity index is 1.84. The van der Waals surface area contributed by atoms with Crippen LogP contribution >= 0.6 is 0 Å². The number of carbonyl (C=O) groups is 2. The van der Waals surface area contributed by atoms with E-state index in [4.69, 9.17) is 0 Å². The van der Waals surface area contributed by atoms with Crippen molar-refractivity contribution in [2.75, 3.05) is 0 Å². The van der Waals surface area contributed by atoms with Crippen LogP contribution < -0.4 is 0 Å². The summed E-state index contributed by atoms with van der Waals surface area (Å²) in [6.45, 7) is 0. The third kappa shape index (κ3) is 3.52. The lowest BCUT2D eigenvalue weighted by Gasteiger charge is -2.12. The molecular formula is C18H12N8O4. The highest BCUT2D eigenvalue weighted by atomic mass is 16.3. The number of aromatic nitrogens is 8. The van der Waals surface area contributed by atoms with Crippen molar-refractivity contribution in [3.8, 4) is 0 Å². The van der Waals surface area contributed by atoms with E-state index >= 15 is 0 Å². The average Bonchev–Trinajstić information content (AvgIpc) is 3.46. The third-order valence-corrected chi connectivity index (χ3v) is 4.13. The summed E-state index contributed by atoms with van der Waals surface area (Å²) in [4.78, 5) is 24.4. The highest BCUT2D eigenvalue weighted by Gasteiger charge is 2.19. The first-order valence-corrected chi connectivity index (χ1v) is 8.44. The summed E-state index contributed by atoms with van der Waals surface area (Å²) in [6.07, 6.45) is 1.80. The number of hydrogen-bond acceptors (Lipinski definition) is 10. The van der Waals surface area contributed by atoms with Crippen LogP contribution in [0.5, 0.6) is 0 Å². The number of H-pyrrole nitrogens is 2. The highest BCUT2D eigenvalue weighted by molar-refractivity contribution is 6.09. The molecule has 0 fully saturated rings. The summed E-state index contributed by atoms with van der Waals surface area (Å²) in [5.74, 6) is -2.80. The maximum atomic E-state index is 12.3. The number of aliphatic hydroxyl groups excluding tert-OH is 2. The molecule has 148 valence electrons. The van der Waals surface area contributed by atoms with Crippen molar-refractivity contribution in [2.45, 2.75) is 0 Å². The van der Waals surface area contributed by atoms with Gasteiger partial charge in [0.2, 0.25) is 23.2 Å². The molecule has 0 aliphatic heterocycles. The Hall–Kier alpha value is -4.74. The summed E-state index contributed by atoms with van der Waals surface area (Å²) in [6, 6.07) is 10.2. The van der Waals surface area contributed by atoms with E-state index in [-0.39, 0.29) is 22.8 Å². The lowest BCUT2D eigenvalue weighted by atomic mass is 9.95. The van der Waals surface area contributed by atoms with Crippen LogP contribution in [0.25, 0.3) is 22.3 Å². The van der Waals surface area contributed by atoms with Crippen molar-refractivity contribution in [1.29, 1.82) is 0 Å². The normalized spacial score (nSPS) is 12.3. The zero-order chi connectivity index (χ0) is 21.1. The molecule has 0 atom stereocenters. The van der Waals surface area contributed by atoms with Crippen molar-refractivity contribution in [2.24, 2.45) is 0 Å². The van der Waals surface area contributed by atoms with E-state index in [1.54, 1.807) is 30.3 Å². The molecule has 12 heteroatoms. The second-order valence-electron chi connectivity index (χ2n) is 5.97. The van der Waals surface area contributed by atoms with Crippen molar-refractivity contribution in [3.63, 3.8) is 0 Å². The monoisotopic (exact) mass is 404 g/mol. The number of rotatable bonds is 6. The number of ketones is 2. The van der Waals surface area contributed by atoms with Crippen LogP contribution in [0, 0.1) is 0 Å². The zero-order valence-corrected chi connectivity index (χ0v) is 15.0. The highest BCUT2D eigenvalue weighted by Crippen LogP contribution is 2.31. The number of nitrogens with one attached hydrogen (secondary N) is 2. The van der Waals surface area contributed by atoms with E-state index in [0.29, 0.717) is 5.39 Å². The van der Waals surface area contributed by atoms with Gasteiger partial charge in [-0.3, -0.25) is 9.59 Å². The van der Waals surface area contributed by atoms with Gasteiger partial charge in [-0.1, -0.05) is 30.3 Å². The van der Waals surface area contributed by atoms with Crippen LogP contribution in [-0.2, 0) is 0 Å². The lowest BCUT2D eigenvalue weighted by molar-refractivity contribution is 0.102. The minimum Gasteiger partial charge on any atom is -0.507 e. The number of aromatic amines is 2. The minimum atomic E-state index is -0.702. The summed E-state index contributed by atoms with van der Waals surface area (Å²) in [5, 5.41) is 47.7. The van der Waals surface area contributed by atoms with Gasteiger partial charge in [0.1, 0.15) is 11.5 Å². The SMILES string of the molecule is O=C(/C=C(\O)c1ccc2ccccc2c1/C(O)=C/C(=O)c1nn[nH]n1)c1nn[nH]n1. The fourth-order valence-electron chi connectivity index (χ4n) is 2.82. The van der Waals surface area contributed by atoms with Crippen LogP contribution in [0.2, 0.25) is 0 Å². The van der Waals surface area contributed by atoms with Gasteiger partial charge < -0.3 is 10.2 Å². The van der Waals surface area contributed by atoms with Crippen molar-refractivity contribution in [3.05, 3.63) is 71.3 Å². The number of carbonyl (C=O) groups excluding carboxylic acids is 2. The molecule has 2 aromatic carbocycles. The number of hydrogen-bond donors (Lipinski definition) is 4. The van der Waals surface area contributed by atoms with Gasteiger partial charge in [-0.25, -0.2) is 0 Å². The van der Waals surface area contributed by atoms with Crippen molar-refractivity contribution >= 4 is 33.9 Å². The van der Waals surface area contributed by atoms with Gasteiger partial charge in [0.15, 0.2) is 0 Å². The van der Waals surface area contributed by atoms with Gasteiger partial charge in [-0.2, -0.15) is 10.4 Å². The van der Waals surface area contributed by atoms with Gasteiger partial charge in [-0.15, -0.1) is 20.4 Å². The number of fused-ring (bicyclic) bond motifs is 1. The van der Waals surface area contributed by atoms with E-state index in [1.807, 2.05) is 0 Å². The first-order valence-electron chi connectivity index (χ1n) is 8.44. The molecule has 4 N–H and O–H groups in total. The van der Waals surface area contributed by atoms with Gasteiger partial charge in [0.05, 0.1) is 0 Å². The third-order valence-electron chi connectivity index (χ3n) is 4.13. The standard InChI is InChI=1S/C18H12N8O4/c27-12(7-14(29)17-19-23-24-20-17)11-6-5-9-3-1-2-4-10(9)16(11)13(28)8-15(30)18-21-25-26-22-18/h1-8,27-28H,(H,19,20,23,24)(H,21,22,25,26)/b12-7-,13-8-. The number of tetrazole rings is 2. The molecule has 0 bridgehead atoms. The Morgan fingerprint density at radius 1 is 0.800 bits per heavy atom. The molecule has 4 aromatic rings. The smallest absolute Gasteiger partial charge is 0.244 e. The molecule has 0 saturated carbocycles. The molecule has 0 spiro atoms. The minimum absolute atomic E-state index is 0.111. The lowest BCUT2D eigenvalue weighted by Crippen LogP contribution is -2.03. The first-order chi connectivity index (χ1) is 14.5. The zero-order valence-electron chi connectivity index (χ0n) is 15.0. The van der Waals surface area contributed by atoms with Crippen LogP contribution in [-0.4, -0.2) is 63.0 Å². The molecule has 12 nitrogen and oxygen atoms in total. The van der Waals surface area contributed by atoms with Crippen molar-refractivity contribution in [1.82, 2.24) is 41.2 Å². The van der Waals surface area contributed by atoms with Crippen LogP contribution in [0.4, 0.5) is 0 Å². The van der Waals surface area contributed by atoms with E-state index in [2.05, 4.69) is 41.2 Å². The summed E-state index contributed by atoms with van der Waals surface area (Å²) in [5.41, 5.74) is 0.250. The Morgan fingerprint density at radius 3 is 2.00 bits per heavy atom. The quantitative estimate of drug-likeness (QED) is 0.208. The first kappa shape index (κ1) is 18.6. The second kappa shape index (κ2) is 7.71. The predicted octanol–water partition coefficient (Wildman–Crippen LogP) is 1.43. The Kier molecular flexibility index (Phi) is 4.78. The van der Waals surface area contributed by atoms with E-state index < -0.39 is 23.1 Å². The second-order valence-corrected chi connectivity index (χ2v) is 5.97. The Morgan fingerprint density at radius 2 is 1.40 bits per heavy atom. The Labute approximate surface area is 166 Å². The molecule has 2 aromatic heterocycles. The average molecular weight is 404 g/mol. The molecule has 2 heterocycles. The van der Waals surface area contributed by atoms with Gasteiger partial charge >= 0.3 is 0 Å². The molecule has 0 radical (unpaired) electrons. The number of allylic oxidation sites excluding steroid dienone is 2. The summed E-state index contributed by atoms with van der Waals surface area (Å²) in [7, 11) is 0. The molecule has 0 saturated heterocycles. The maximum Gasteiger partial charge on any atom is 0.244 e. The molecule has 4 rings (SSSR count). The summed E-state index contributed by atoms with van der Waals surface area (Å²) < 4.78 is 0. The fraction of sp³-hybridized carbons (Fsp3) is 0. The largest absolute Gasteiger partial charge is 0.507 e. The van der Waals surface area contributed by atoms with Crippen LogP contribution in [0.15, 0.2) is 48.6 Å². The molecule has 0 amide bonds. The molecule has 30 heavy (non-hydrogen) atoms. The van der Waals surface area contributed by atoms with E-state index in [1.165, 1.54) is 6.07 Å². The number of benzene rings is 2. The molecular weight excluding hydrogens is 392 g/mol. The van der Waals surface area contributed by atoms with Gasteiger partial charge in [0, 0.05) is 23.3 Å². The number of aliphatic hydroxyl groups is 2. The van der Waals surface area contributed by atoms with Crippen molar-refractivity contribution < 1.29 is 19.8 Å². The van der Waals surface area contributed by atoms with Gasteiger partial charge in [0.25, 0.3) is 0 Å². The van der Waals surface area contributed by atoms with Gasteiger partial charge in [-0.05, 0) is 27.3 Å². The molecule has 0 aliphatic rings. The molecule has 0 unspecified atom stereocenters.